The van der Waals surface area contributed by atoms with Gasteiger partial charge in [0.1, 0.15) is 5.69 Å². The van der Waals surface area contributed by atoms with Crippen molar-refractivity contribution in [2.45, 2.75) is 31.4 Å². The molecular weight excluding hydrogens is 317 g/mol. The fourth-order valence-electron chi connectivity index (χ4n) is 2.81. The number of nitrogens with one attached hydrogen (secondary N) is 1. The van der Waals surface area contributed by atoms with E-state index < -0.39 is 17.8 Å². The molecule has 2 aromatic rings. The first-order valence-electron chi connectivity index (χ1n) is 7.70. The van der Waals surface area contributed by atoms with Crippen molar-refractivity contribution in [2.75, 3.05) is 6.54 Å². The number of amides is 1. The third-order valence-corrected chi connectivity index (χ3v) is 4.45. The number of hydrogen-bond acceptors (Lipinski definition) is 2. The van der Waals surface area contributed by atoms with Gasteiger partial charge in [-0.2, -0.15) is 13.2 Å². The van der Waals surface area contributed by atoms with Crippen LogP contribution in [0.5, 0.6) is 0 Å². The van der Waals surface area contributed by atoms with E-state index in [0.717, 1.165) is 18.9 Å². The van der Waals surface area contributed by atoms with E-state index in [2.05, 4.69) is 10.3 Å². The molecule has 3 nitrogen and oxygen atoms in total. The molecule has 0 spiro atoms. The Labute approximate surface area is 137 Å². The zero-order chi connectivity index (χ0) is 17.4. The fraction of sp³-hybridized carbons (Fsp3) is 0.333. The van der Waals surface area contributed by atoms with Crippen LogP contribution in [0.3, 0.4) is 0 Å². The van der Waals surface area contributed by atoms with E-state index in [0.29, 0.717) is 6.54 Å². The summed E-state index contributed by atoms with van der Waals surface area (Å²) in [6, 6.07) is 11.9. The molecule has 1 aliphatic rings. The highest BCUT2D eigenvalue weighted by molar-refractivity contribution is 5.95. The molecule has 126 valence electrons. The van der Waals surface area contributed by atoms with Gasteiger partial charge in [0.15, 0.2) is 0 Å². The second-order valence-corrected chi connectivity index (χ2v) is 6.16. The second-order valence-electron chi connectivity index (χ2n) is 6.16. The molecule has 1 aromatic heterocycles. The molecule has 1 saturated carbocycles. The molecule has 1 N–H and O–H groups in total. The Morgan fingerprint density at radius 2 is 1.83 bits per heavy atom. The van der Waals surface area contributed by atoms with Crippen molar-refractivity contribution in [2.24, 2.45) is 0 Å². The summed E-state index contributed by atoms with van der Waals surface area (Å²) in [5.41, 5.74) is 0.385. The minimum Gasteiger partial charge on any atom is -0.351 e. The standard InChI is InChI=1S/C18H17F3N2O/c1-12-14(7-8-15(23-12)18(19,20)21)16(24)22-11-17(9-10-17)13-5-3-2-4-6-13/h2-8H,9-11H2,1H3,(H,22,24). The van der Waals surface area contributed by atoms with Crippen molar-refractivity contribution in [1.29, 1.82) is 0 Å². The number of halogens is 3. The molecule has 6 heteroatoms. The molecule has 1 aromatic carbocycles. The van der Waals surface area contributed by atoms with Crippen LogP contribution in [-0.2, 0) is 11.6 Å². The summed E-state index contributed by atoms with van der Waals surface area (Å²) in [6.45, 7) is 1.88. The number of nitrogens with zero attached hydrogens (tertiary/aromatic N) is 1. The topological polar surface area (TPSA) is 42.0 Å². The smallest absolute Gasteiger partial charge is 0.351 e. The lowest BCUT2D eigenvalue weighted by Gasteiger charge is -2.17. The maximum Gasteiger partial charge on any atom is 0.433 e. The number of benzene rings is 1. The van der Waals surface area contributed by atoms with Crippen LogP contribution in [-0.4, -0.2) is 17.4 Å². The number of hydrogen-bond donors (Lipinski definition) is 1. The summed E-state index contributed by atoms with van der Waals surface area (Å²) in [4.78, 5) is 15.8. The third kappa shape index (κ3) is 3.27. The molecule has 0 unspecified atom stereocenters. The number of carbonyl (C=O) groups is 1. The van der Waals surface area contributed by atoms with Crippen LogP contribution in [0.4, 0.5) is 13.2 Å². The average molecular weight is 334 g/mol. The van der Waals surface area contributed by atoms with Crippen molar-refractivity contribution < 1.29 is 18.0 Å². The molecule has 0 radical (unpaired) electrons. The Hall–Kier alpha value is -2.37. The first-order chi connectivity index (χ1) is 11.3. The Morgan fingerprint density at radius 3 is 2.38 bits per heavy atom. The van der Waals surface area contributed by atoms with Crippen LogP contribution in [0.25, 0.3) is 0 Å². The quantitative estimate of drug-likeness (QED) is 0.922. The minimum atomic E-state index is -4.51. The van der Waals surface area contributed by atoms with Gasteiger partial charge in [0.25, 0.3) is 5.91 Å². The van der Waals surface area contributed by atoms with Crippen LogP contribution >= 0.6 is 0 Å². The van der Waals surface area contributed by atoms with Crippen molar-refractivity contribution in [3.8, 4) is 0 Å². The van der Waals surface area contributed by atoms with Crippen LogP contribution < -0.4 is 5.32 Å². The summed E-state index contributed by atoms with van der Waals surface area (Å²) in [5, 5.41) is 2.84. The highest BCUT2D eigenvalue weighted by Gasteiger charge is 2.44. The van der Waals surface area contributed by atoms with Crippen molar-refractivity contribution >= 4 is 5.91 Å². The van der Waals surface area contributed by atoms with E-state index in [4.69, 9.17) is 0 Å². The van der Waals surface area contributed by atoms with Crippen molar-refractivity contribution in [1.82, 2.24) is 10.3 Å². The molecule has 1 fully saturated rings. The van der Waals surface area contributed by atoms with E-state index in [1.54, 1.807) is 0 Å². The molecular formula is C18H17F3N2O. The molecule has 1 amide bonds. The van der Waals surface area contributed by atoms with Gasteiger partial charge in [-0.1, -0.05) is 30.3 Å². The Kier molecular flexibility index (Phi) is 4.07. The molecule has 24 heavy (non-hydrogen) atoms. The van der Waals surface area contributed by atoms with Gasteiger partial charge in [0, 0.05) is 12.0 Å². The van der Waals surface area contributed by atoms with Gasteiger partial charge in [-0.15, -0.1) is 0 Å². The molecule has 0 saturated heterocycles. The largest absolute Gasteiger partial charge is 0.433 e. The van der Waals surface area contributed by atoms with Gasteiger partial charge in [-0.05, 0) is 37.5 Å². The zero-order valence-corrected chi connectivity index (χ0v) is 13.2. The Bertz CT molecular complexity index is 753. The summed E-state index contributed by atoms with van der Waals surface area (Å²) in [7, 11) is 0. The lowest BCUT2D eigenvalue weighted by molar-refractivity contribution is -0.141. The Morgan fingerprint density at radius 1 is 1.17 bits per heavy atom. The van der Waals surface area contributed by atoms with Crippen LogP contribution in [0.2, 0.25) is 0 Å². The van der Waals surface area contributed by atoms with Crippen LogP contribution in [0.15, 0.2) is 42.5 Å². The highest BCUT2D eigenvalue weighted by Crippen LogP contribution is 2.47. The normalized spacial score (nSPS) is 15.8. The summed E-state index contributed by atoms with van der Waals surface area (Å²) in [5.74, 6) is -0.393. The van der Waals surface area contributed by atoms with Gasteiger partial charge in [-0.25, -0.2) is 4.98 Å². The monoisotopic (exact) mass is 334 g/mol. The van der Waals surface area contributed by atoms with Gasteiger partial charge in [0.05, 0.1) is 11.3 Å². The predicted molar refractivity (Wildman–Crippen MR) is 83.7 cm³/mol. The minimum absolute atomic E-state index is 0.0514. The predicted octanol–water partition coefficient (Wildman–Crippen LogP) is 3.87. The van der Waals surface area contributed by atoms with Gasteiger partial charge in [0.2, 0.25) is 0 Å². The third-order valence-electron chi connectivity index (χ3n) is 4.45. The van der Waals surface area contributed by atoms with Crippen LogP contribution in [0.1, 0.15) is 40.2 Å². The van der Waals surface area contributed by atoms with E-state index >= 15 is 0 Å². The zero-order valence-electron chi connectivity index (χ0n) is 13.2. The van der Waals surface area contributed by atoms with E-state index in [-0.39, 0.29) is 16.7 Å². The van der Waals surface area contributed by atoms with Gasteiger partial charge >= 0.3 is 6.18 Å². The van der Waals surface area contributed by atoms with E-state index in [1.165, 1.54) is 18.6 Å². The molecule has 1 aliphatic carbocycles. The van der Waals surface area contributed by atoms with E-state index in [1.807, 2.05) is 30.3 Å². The maximum atomic E-state index is 12.6. The summed E-state index contributed by atoms with van der Waals surface area (Å²) >= 11 is 0. The molecule has 0 bridgehead atoms. The number of rotatable bonds is 4. The highest BCUT2D eigenvalue weighted by atomic mass is 19.4. The molecule has 3 rings (SSSR count). The van der Waals surface area contributed by atoms with Gasteiger partial charge in [-0.3, -0.25) is 4.79 Å². The lowest BCUT2D eigenvalue weighted by Crippen LogP contribution is -2.32. The first kappa shape index (κ1) is 16.5. The first-order valence-corrected chi connectivity index (χ1v) is 7.70. The number of aryl methyl sites for hydroxylation is 1. The second kappa shape index (κ2) is 5.92. The molecule has 0 aliphatic heterocycles. The number of aromatic nitrogens is 1. The number of alkyl halides is 3. The fourth-order valence-corrected chi connectivity index (χ4v) is 2.81. The van der Waals surface area contributed by atoms with Crippen molar-refractivity contribution in [3.05, 3.63) is 65.0 Å². The Balaban J connectivity index is 1.70. The molecule has 0 atom stereocenters. The number of carbonyl (C=O) groups excluding carboxylic acids is 1. The lowest BCUT2D eigenvalue weighted by atomic mass is 9.96. The van der Waals surface area contributed by atoms with E-state index in [9.17, 15) is 18.0 Å². The number of pyridine rings is 1. The summed E-state index contributed by atoms with van der Waals surface area (Å²) in [6.07, 6.45) is -2.53. The van der Waals surface area contributed by atoms with Crippen molar-refractivity contribution in [3.63, 3.8) is 0 Å². The molecule has 1 heterocycles. The summed E-state index contributed by atoms with van der Waals surface area (Å²) < 4.78 is 37.9. The SMILES string of the molecule is Cc1nc(C(F)(F)F)ccc1C(=O)NCC1(c2ccccc2)CC1. The maximum absolute atomic E-state index is 12.6. The average Bonchev–Trinajstić information content (AvgIpc) is 3.34. The van der Waals surface area contributed by atoms with Crippen LogP contribution in [0, 0.1) is 6.92 Å². The van der Waals surface area contributed by atoms with Gasteiger partial charge < -0.3 is 5.32 Å².